The SMILES string of the molecule is CCC(CCN)CCC(=O)NCC(C)C1CC1. The second-order valence-corrected chi connectivity index (χ2v) is 5.51. The van der Waals surface area contributed by atoms with Crippen molar-refractivity contribution < 1.29 is 4.79 Å². The van der Waals surface area contributed by atoms with Crippen LogP contribution >= 0.6 is 0 Å². The summed E-state index contributed by atoms with van der Waals surface area (Å²) < 4.78 is 0. The average molecular weight is 240 g/mol. The van der Waals surface area contributed by atoms with Crippen molar-refractivity contribution in [2.24, 2.45) is 23.5 Å². The van der Waals surface area contributed by atoms with Gasteiger partial charge in [-0.25, -0.2) is 0 Å². The molecule has 0 aromatic heterocycles. The standard InChI is InChI=1S/C14H28N2O/c1-3-12(8-9-15)4-7-14(17)16-10-11(2)13-5-6-13/h11-13H,3-10,15H2,1-2H3,(H,16,17). The van der Waals surface area contributed by atoms with Crippen molar-refractivity contribution in [3.8, 4) is 0 Å². The van der Waals surface area contributed by atoms with Crippen molar-refractivity contribution in [1.82, 2.24) is 5.32 Å². The van der Waals surface area contributed by atoms with Gasteiger partial charge >= 0.3 is 0 Å². The number of rotatable bonds is 9. The van der Waals surface area contributed by atoms with Gasteiger partial charge in [0, 0.05) is 13.0 Å². The summed E-state index contributed by atoms with van der Waals surface area (Å²) in [5.41, 5.74) is 5.55. The lowest BCUT2D eigenvalue weighted by molar-refractivity contribution is -0.121. The molecule has 2 atom stereocenters. The van der Waals surface area contributed by atoms with Crippen LogP contribution in [-0.2, 0) is 4.79 Å². The molecule has 17 heavy (non-hydrogen) atoms. The number of nitrogens with two attached hydrogens (primary N) is 1. The Balaban J connectivity index is 2.06. The molecule has 0 aromatic rings. The monoisotopic (exact) mass is 240 g/mol. The van der Waals surface area contributed by atoms with E-state index in [1.807, 2.05) is 0 Å². The summed E-state index contributed by atoms with van der Waals surface area (Å²) in [5.74, 6) is 2.36. The molecule has 0 saturated heterocycles. The van der Waals surface area contributed by atoms with Crippen molar-refractivity contribution in [2.75, 3.05) is 13.1 Å². The Hall–Kier alpha value is -0.570. The third-order valence-electron chi connectivity index (χ3n) is 3.98. The summed E-state index contributed by atoms with van der Waals surface area (Å²) in [5, 5.41) is 3.06. The van der Waals surface area contributed by atoms with Gasteiger partial charge in [-0.1, -0.05) is 20.3 Å². The Morgan fingerprint density at radius 1 is 1.41 bits per heavy atom. The minimum atomic E-state index is 0.216. The van der Waals surface area contributed by atoms with E-state index in [0.717, 1.165) is 38.3 Å². The van der Waals surface area contributed by atoms with E-state index in [2.05, 4.69) is 19.2 Å². The number of carbonyl (C=O) groups excluding carboxylic acids is 1. The van der Waals surface area contributed by atoms with Gasteiger partial charge in [0.25, 0.3) is 0 Å². The highest BCUT2D eigenvalue weighted by Crippen LogP contribution is 2.36. The van der Waals surface area contributed by atoms with Gasteiger partial charge in [0.05, 0.1) is 0 Å². The normalized spacial score (nSPS) is 18.8. The molecule has 1 aliphatic rings. The molecule has 1 aliphatic carbocycles. The fourth-order valence-corrected chi connectivity index (χ4v) is 2.32. The molecule has 2 unspecified atom stereocenters. The zero-order chi connectivity index (χ0) is 12.7. The molecule has 0 heterocycles. The number of amides is 1. The van der Waals surface area contributed by atoms with Gasteiger partial charge in [-0.2, -0.15) is 0 Å². The van der Waals surface area contributed by atoms with Crippen molar-refractivity contribution in [3.05, 3.63) is 0 Å². The second kappa shape index (κ2) is 7.70. The van der Waals surface area contributed by atoms with Gasteiger partial charge in [-0.05, 0) is 50.0 Å². The van der Waals surface area contributed by atoms with Gasteiger partial charge in [0.1, 0.15) is 0 Å². The number of nitrogens with one attached hydrogen (secondary N) is 1. The first-order chi connectivity index (χ1) is 8.17. The van der Waals surface area contributed by atoms with Crippen LogP contribution in [0.5, 0.6) is 0 Å². The number of carbonyl (C=O) groups is 1. The average Bonchev–Trinajstić information content (AvgIpc) is 3.15. The molecular formula is C14H28N2O. The highest BCUT2D eigenvalue weighted by Gasteiger charge is 2.27. The predicted octanol–water partition coefficient (Wildman–Crippen LogP) is 2.30. The van der Waals surface area contributed by atoms with Crippen LogP contribution in [0.3, 0.4) is 0 Å². The van der Waals surface area contributed by atoms with Crippen LogP contribution < -0.4 is 11.1 Å². The van der Waals surface area contributed by atoms with Crippen molar-refractivity contribution in [2.45, 2.75) is 52.4 Å². The minimum absolute atomic E-state index is 0.216. The van der Waals surface area contributed by atoms with Crippen molar-refractivity contribution >= 4 is 5.91 Å². The van der Waals surface area contributed by atoms with E-state index >= 15 is 0 Å². The van der Waals surface area contributed by atoms with E-state index in [4.69, 9.17) is 5.73 Å². The van der Waals surface area contributed by atoms with E-state index in [-0.39, 0.29) is 5.91 Å². The third kappa shape index (κ3) is 6.06. The molecular weight excluding hydrogens is 212 g/mol. The molecule has 1 rings (SSSR count). The van der Waals surface area contributed by atoms with Crippen LogP contribution in [-0.4, -0.2) is 19.0 Å². The number of hydrogen-bond acceptors (Lipinski definition) is 2. The van der Waals surface area contributed by atoms with Crippen LogP contribution in [0.15, 0.2) is 0 Å². The molecule has 3 heteroatoms. The topological polar surface area (TPSA) is 55.1 Å². The molecule has 3 N–H and O–H groups in total. The maximum absolute atomic E-state index is 11.7. The van der Waals surface area contributed by atoms with E-state index in [1.54, 1.807) is 0 Å². The number of hydrogen-bond donors (Lipinski definition) is 2. The minimum Gasteiger partial charge on any atom is -0.356 e. The lowest BCUT2D eigenvalue weighted by Gasteiger charge is -2.14. The smallest absolute Gasteiger partial charge is 0.220 e. The first kappa shape index (κ1) is 14.5. The first-order valence-electron chi connectivity index (χ1n) is 7.14. The molecule has 100 valence electrons. The molecule has 0 aliphatic heterocycles. The largest absolute Gasteiger partial charge is 0.356 e. The summed E-state index contributed by atoms with van der Waals surface area (Å²) in [6.45, 7) is 6.00. The van der Waals surface area contributed by atoms with Crippen LogP contribution in [0.25, 0.3) is 0 Å². The van der Waals surface area contributed by atoms with Gasteiger partial charge in [-0.15, -0.1) is 0 Å². The zero-order valence-electron chi connectivity index (χ0n) is 11.4. The quantitative estimate of drug-likeness (QED) is 0.650. The van der Waals surface area contributed by atoms with Crippen molar-refractivity contribution in [1.29, 1.82) is 0 Å². The van der Waals surface area contributed by atoms with Crippen LogP contribution in [0, 0.1) is 17.8 Å². The molecule has 0 aromatic carbocycles. The Labute approximate surface area is 106 Å². The first-order valence-corrected chi connectivity index (χ1v) is 7.14. The summed E-state index contributed by atoms with van der Waals surface area (Å²) in [6, 6.07) is 0. The van der Waals surface area contributed by atoms with E-state index in [0.29, 0.717) is 18.3 Å². The Bertz CT molecular complexity index is 226. The summed E-state index contributed by atoms with van der Waals surface area (Å²) in [7, 11) is 0. The molecule has 1 saturated carbocycles. The molecule has 1 amide bonds. The molecule has 1 fully saturated rings. The lowest BCUT2D eigenvalue weighted by atomic mass is 9.96. The van der Waals surface area contributed by atoms with Crippen LogP contribution in [0.2, 0.25) is 0 Å². The Morgan fingerprint density at radius 3 is 2.65 bits per heavy atom. The Kier molecular flexibility index (Phi) is 6.56. The Morgan fingerprint density at radius 2 is 2.12 bits per heavy atom. The predicted molar refractivity (Wildman–Crippen MR) is 71.6 cm³/mol. The van der Waals surface area contributed by atoms with Gasteiger partial charge in [0.15, 0.2) is 0 Å². The lowest BCUT2D eigenvalue weighted by Crippen LogP contribution is -2.29. The fourth-order valence-electron chi connectivity index (χ4n) is 2.32. The molecule has 0 radical (unpaired) electrons. The zero-order valence-corrected chi connectivity index (χ0v) is 11.4. The fraction of sp³-hybridized carbons (Fsp3) is 0.929. The van der Waals surface area contributed by atoms with Gasteiger partial charge in [0.2, 0.25) is 5.91 Å². The maximum atomic E-state index is 11.7. The summed E-state index contributed by atoms with van der Waals surface area (Å²) in [4.78, 5) is 11.7. The highest BCUT2D eigenvalue weighted by molar-refractivity contribution is 5.75. The highest BCUT2D eigenvalue weighted by atomic mass is 16.1. The van der Waals surface area contributed by atoms with E-state index in [1.165, 1.54) is 12.8 Å². The summed E-state index contributed by atoms with van der Waals surface area (Å²) >= 11 is 0. The third-order valence-corrected chi connectivity index (χ3v) is 3.98. The van der Waals surface area contributed by atoms with Crippen LogP contribution in [0.4, 0.5) is 0 Å². The molecule has 0 bridgehead atoms. The van der Waals surface area contributed by atoms with Gasteiger partial charge in [-0.3, -0.25) is 4.79 Å². The van der Waals surface area contributed by atoms with Crippen molar-refractivity contribution in [3.63, 3.8) is 0 Å². The summed E-state index contributed by atoms with van der Waals surface area (Å²) in [6.07, 6.45) is 6.52. The molecule has 0 spiro atoms. The molecule has 3 nitrogen and oxygen atoms in total. The van der Waals surface area contributed by atoms with E-state index < -0.39 is 0 Å². The maximum Gasteiger partial charge on any atom is 0.220 e. The van der Waals surface area contributed by atoms with Crippen LogP contribution in [0.1, 0.15) is 52.4 Å². The second-order valence-electron chi connectivity index (χ2n) is 5.51. The van der Waals surface area contributed by atoms with Gasteiger partial charge < -0.3 is 11.1 Å². The van der Waals surface area contributed by atoms with E-state index in [9.17, 15) is 4.79 Å².